The largest absolute Gasteiger partial charge is 0.497 e. The van der Waals surface area contributed by atoms with Crippen LogP contribution in [-0.2, 0) is 17.6 Å². The summed E-state index contributed by atoms with van der Waals surface area (Å²) >= 11 is 0. The van der Waals surface area contributed by atoms with Crippen LogP contribution in [0, 0.1) is 0 Å². The molecular weight excluding hydrogens is 366 g/mol. The molecule has 0 radical (unpaired) electrons. The van der Waals surface area contributed by atoms with Gasteiger partial charge in [-0.05, 0) is 55.0 Å². The van der Waals surface area contributed by atoms with E-state index in [1.807, 2.05) is 29.2 Å². The highest BCUT2D eigenvalue weighted by molar-refractivity contribution is 5.97. The Labute approximate surface area is 169 Å². The molecule has 1 unspecified atom stereocenters. The zero-order valence-corrected chi connectivity index (χ0v) is 16.4. The molecule has 0 saturated carbocycles. The lowest BCUT2D eigenvalue weighted by Gasteiger charge is -2.25. The number of aromatic nitrogens is 2. The van der Waals surface area contributed by atoms with Gasteiger partial charge in [0, 0.05) is 24.2 Å². The van der Waals surface area contributed by atoms with Gasteiger partial charge in [0.1, 0.15) is 5.75 Å². The number of anilines is 1. The quantitative estimate of drug-likeness (QED) is 0.671. The molecule has 2 heterocycles. The number of carbonyl (C=O) groups is 1. The summed E-state index contributed by atoms with van der Waals surface area (Å²) in [7, 11) is 1.63. The minimum atomic E-state index is -0.0891. The maximum atomic E-state index is 12.8. The van der Waals surface area contributed by atoms with Gasteiger partial charge in [-0.1, -0.05) is 29.4 Å². The molecule has 5 rings (SSSR count). The van der Waals surface area contributed by atoms with Gasteiger partial charge in [-0.2, -0.15) is 4.98 Å². The highest BCUT2D eigenvalue weighted by atomic mass is 16.5. The van der Waals surface area contributed by atoms with Gasteiger partial charge < -0.3 is 14.2 Å². The van der Waals surface area contributed by atoms with E-state index < -0.39 is 0 Å². The van der Waals surface area contributed by atoms with Crippen molar-refractivity contribution in [2.75, 3.05) is 18.6 Å². The van der Waals surface area contributed by atoms with Crippen LogP contribution in [0.3, 0.4) is 0 Å². The second kappa shape index (κ2) is 7.35. The second-order valence-electron chi connectivity index (χ2n) is 7.72. The Morgan fingerprint density at radius 3 is 2.90 bits per heavy atom. The van der Waals surface area contributed by atoms with E-state index in [0.29, 0.717) is 24.7 Å². The van der Waals surface area contributed by atoms with Gasteiger partial charge in [-0.3, -0.25) is 4.79 Å². The van der Waals surface area contributed by atoms with Gasteiger partial charge in [0.05, 0.1) is 13.0 Å². The van der Waals surface area contributed by atoms with Crippen molar-refractivity contribution >= 4 is 11.6 Å². The van der Waals surface area contributed by atoms with Crippen LogP contribution in [0.1, 0.15) is 42.2 Å². The molecule has 1 atom stereocenters. The predicted octanol–water partition coefficient (Wildman–Crippen LogP) is 4.14. The molecule has 0 N–H and O–H groups in total. The standard InChI is InChI=1S/C23H23N3O3/c1-28-18-9-4-8-16(12-18)22-24-23(29-25-22)17-13-21(27)26(14-17)20-11-5-7-15-6-2-3-10-19(15)20/h4-5,7-9,11-12,17H,2-3,6,10,13-14H2,1H3. The topological polar surface area (TPSA) is 68.5 Å². The lowest BCUT2D eigenvalue weighted by atomic mass is 9.90. The Bertz CT molecular complexity index is 1060. The molecule has 1 fully saturated rings. The molecule has 0 bridgehead atoms. The Kier molecular flexibility index (Phi) is 4.54. The third kappa shape index (κ3) is 3.28. The van der Waals surface area contributed by atoms with Crippen LogP contribution < -0.4 is 9.64 Å². The summed E-state index contributed by atoms with van der Waals surface area (Å²) in [6.45, 7) is 0.578. The predicted molar refractivity (Wildman–Crippen MR) is 109 cm³/mol. The fourth-order valence-corrected chi connectivity index (χ4v) is 4.40. The molecule has 1 amide bonds. The second-order valence-corrected chi connectivity index (χ2v) is 7.72. The number of benzene rings is 2. The van der Waals surface area contributed by atoms with E-state index in [9.17, 15) is 4.79 Å². The van der Waals surface area contributed by atoms with Crippen molar-refractivity contribution in [3.63, 3.8) is 0 Å². The fourth-order valence-electron chi connectivity index (χ4n) is 4.40. The fraction of sp³-hybridized carbons (Fsp3) is 0.348. The first kappa shape index (κ1) is 17.9. The van der Waals surface area contributed by atoms with Crippen molar-refractivity contribution in [2.24, 2.45) is 0 Å². The monoisotopic (exact) mass is 389 g/mol. The number of nitrogens with zero attached hydrogens (tertiary/aromatic N) is 3. The van der Waals surface area contributed by atoms with E-state index in [1.165, 1.54) is 24.0 Å². The Hall–Kier alpha value is -3.15. The molecular formula is C23H23N3O3. The van der Waals surface area contributed by atoms with Crippen molar-refractivity contribution in [3.8, 4) is 17.1 Å². The minimum absolute atomic E-state index is 0.0891. The summed E-state index contributed by atoms with van der Waals surface area (Å²) in [5, 5.41) is 4.13. The molecule has 29 heavy (non-hydrogen) atoms. The van der Waals surface area contributed by atoms with Crippen LogP contribution in [0.25, 0.3) is 11.4 Å². The maximum absolute atomic E-state index is 12.8. The summed E-state index contributed by atoms with van der Waals surface area (Å²) in [6.07, 6.45) is 4.94. The highest BCUT2D eigenvalue weighted by Crippen LogP contribution is 2.36. The van der Waals surface area contributed by atoms with Crippen molar-refractivity contribution in [3.05, 3.63) is 59.5 Å². The Balaban J connectivity index is 1.39. The number of ether oxygens (including phenoxy) is 1. The first-order valence-corrected chi connectivity index (χ1v) is 10.1. The Morgan fingerprint density at radius 1 is 1.14 bits per heavy atom. The maximum Gasteiger partial charge on any atom is 0.232 e. The van der Waals surface area contributed by atoms with E-state index in [1.54, 1.807) is 7.11 Å². The first-order valence-electron chi connectivity index (χ1n) is 10.1. The normalized spacial score (nSPS) is 18.7. The average Bonchev–Trinajstić information content (AvgIpc) is 3.40. The number of carbonyl (C=O) groups excluding carboxylic acids is 1. The minimum Gasteiger partial charge on any atom is -0.497 e. The zero-order valence-electron chi connectivity index (χ0n) is 16.4. The van der Waals surface area contributed by atoms with E-state index in [2.05, 4.69) is 28.3 Å². The number of fused-ring (bicyclic) bond motifs is 1. The summed E-state index contributed by atoms with van der Waals surface area (Å²) in [4.78, 5) is 19.3. The lowest BCUT2D eigenvalue weighted by molar-refractivity contribution is -0.117. The molecule has 0 spiro atoms. The number of aryl methyl sites for hydroxylation is 1. The van der Waals surface area contributed by atoms with Gasteiger partial charge in [0.15, 0.2) is 0 Å². The van der Waals surface area contributed by atoms with Crippen molar-refractivity contribution < 1.29 is 14.1 Å². The number of methoxy groups -OCH3 is 1. The van der Waals surface area contributed by atoms with Crippen LogP contribution in [0.4, 0.5) is 5.69 Å². The smallest absolute Gasteiger partial charge is 0.232 e. The number of hydrogen-bond donors (Lipinski definition) is 0. The van der Waals surface area contributed by atoms with Crippen LogP contribution in [0.15, 0.2) is 47.0 Å². The molecule has 6 nitrogen and oxygen atoms in total. The van der Waals surface area contributed by atoms with Gasteiger partial charge >= 0.3 is 0 Å². The molecule has 1 aromatic heterocycles. The molecule has 1 aliphatic heterocycles. The van der Waals surface area contributed by atoms with Crippen molar-refractivity contribution in [1.29, 1.82) is 0 Å². The summed E-state index contributed by atoms with van der Waals surface area (Å²) in [5.41, 5.74) is 4.60. The van der Waals surface area contributed by atoms with E-state index in [0.717, 1.165) is 29.8 Å². The van der Waals surface area contributed by atoms with E-state index >= 15 is 0 Å². The zero-order chi connectivity index (χ0) is 19.8. The third-order valence-electron chi connectivity index (χ3n) is 5.91. The number of hydrogen-bond acceptors (Lipinski definition) is 5. The molecule has 1 saturated heterocycles. The summed E-state index contributed by atoms with van der Waals surface area (Å²) < 4.78 is 10.8. The van der Waals surface area contributed by atoms with Crippen molar-refractivity contribution in [1.82, 2.24) is 10.1 Å². The molecule has 2 aromatic carbocycles. The summed E-state index contributed by atoms with van der Waals surface area (Å²) in [5.74, 6) is 1.80. The van der Waals surface area contributed by atoms with E-state index in [4.69, 9.17) is 9.26 Å². The molecule has 3 aromatic rings. The van der Waals surface area contributed by atoms with Gasteiger partial charge in [0.25, 0.3) is 0 Å². The van der Waals surface area contributed by atoms with Gasteiger partial charge in [-0.25, -0.2) is 0 Å². The number of amides is 1. The molecule has 1 aliphatic carbocycles. The SMILES string of the molecule is COc1cccc(-c2noc(C3CC(=O)N(c4cccc5c4CCCC5)C3)n2)c1. The highest BCUT2D eigenvalue weighted by Gasteiger charge is 2.36. The number of rotatable bonds is 4. The van der Waals surface area contributed by atoms with E-state index in [-0.39, 0.29) is 11.8 Å². The van der Waals surface area contributed by atoms with Crippen LogP contribution in [-0.4, -0.2) is 29.7 Å². The Morgan fingerprint density at radius 2 is 2.00 bits per heavy atom. The molecule has 6 heteroatoms. The van der Waals surface area contributed by atoms with Crippen LogP contribution >= 0.6 is 0 Å². The van der Waals surface area contributed by atoms with Crippen LogP contribution in [0.5, 0.6) is 5.75 Å². The van der Waals surface area contributed by atoms with Crippen molar-refractivity contribution in [2.45, 2.75) is 38.0 Å². The average molecular weight is 389 g/mol. The summed E-state index contributed by atoms with van der Waals surface area (Å²) in [6, 6.07) is 13.9. The van der Waals surface area contributed by atoms with Gasteiger partial charge in [0.2, 0.25) is 17.6 Å². The van der Waals surface area contributed by atoms with Gasteiger partial charge in [-0.15, -0.1) is 0 Å². The third-order valence-corrected chi connectivity index (χ3v) is 5.91. The van der Waals surface area contributed by atoms with Crippen LogP contribution in [0.2, 0.25) is 0 Å². The lowest BCUT2D eigenvalue weighted by Crippen LogP contribution is -2.26. The molecule has 148 valence electrons. The molecule has 2 aliphatic rings. The first-order chi connectivity index (χ1) is 14.2.